The lowest BCUT2D eigenvalue weighted by molar-refractivity contribution is -0.132. The van der Waals surface area contributed by atoms with E-state index in [2.05, 4.69) is 6.58 Å². The average molecular weight is 348 g/mol. The summed E-state index contributed by atoms with van der Waals surface area (Å²) >= 11 is 0. The summed E-state index contributed by atoms with van der Waals surface area (Å²) in [4.78, 5) is 22.7. The lowest BCUT2D eigenvalue weighted by Gasteiger charge is -2.16. The minimum atomic E-state index is -0.356. The first-order valence-electron chi connectivity index (χ1n) is 8.32. The first-order valence-corrected chi connectivity index (χ1v) is 8.32. The van der Waals surface area contributed by atoms with Gasteiger partial charge < -0.3 is 9.47 Å². The predicted molar refractivity (Wildman–Crippen MR) is 104 cm³/mol. The molecule has 0 fully saturated rings. The fraction of sp³-hybridized carbons (Fsp3) is 0.182. The van der Waals surface area contributed by atoms with Gasteiger partial charge in [-0.15, -0.1) is 0 Å². The Morgan fingerprint density at radius 1 is 0.885 bits per heavy atom. The lowest BCUT2D eigenvalue weighted by atomic mass is 9.92. The van der Waals surface area contributed by atoms with Gasteiger partial charge in [-0.3, -0.25) is 9.59 Å². The molecule has 0 aromatic heterocycles. The van der Waals surface area contributed by atoms with E-state index in [-0.39, 0.29) is 11.9 Å². The van der Waals surface area contributed by atoms with Crippen LogP contribution in [-0.4, -0.2) is 11.9 Å². The van der Waals surface area contributed by atoms with Gasteiger partial charge in [0, 0.05) is 13.8 Å². The Balaban J connectivity index is 2.37. The lowest BCUT2D eigenvalue weighted by Crippen LogP contribution is -2.04. The van der Waals surface area contributed by atoms with Gasteiger partial charge >= 0.3 is 11.9 Å². The number of fused-ring (bicyclic) bond motifs is 3. The van der Waals surface area contributed by atoms with E-state index in [1.807, 2.05) is 38.1 Å². The highest BCUT2D eigenvalue weighted by Gasteiger charge is 2.15. The monoisotopic (exact) mass is 348 g/mol. The summed E-state index contributed by atoms with van der Waals surface area (Å²) in [6, 6.07) is 9.58. The minimum absolute atomic E-state index is 0.345. The number of ether oxygens (including phenoxy) is 2. The largest absolute Gasteiger partial charge is 0.426 e. The second-order valence-electron chi connectivity index (χ2n) is 6.25. The number of carbonyl (C=O) groups is 2. The third-order valence-corrected chi connectivity index (χ3v) is 4.49. The van der Waals surface area contributed by atoms with E-state index in [1.54, 1.807) is 12.1 Å². The van der Waals surface area contributed by atoms with E-state index in [9.17, 15) is 9.59 Å². The standard InChI is InChI=1S/C22H20O4/c1-6-17-12(2)21(26-15(5)24)11-16-7-8-18-13(3)20(25-14(4)23)10-9-19(18)22(16)17/h6-11H,1H2,2-5H3. The summed E-state index contributed by atoms with van der Waals surface area (Å²) in [5.74, 6) is 0.386. The molecule has 0 unspecified atom stereocenters. The van der Waals surface area contributed by atoms with E-state index < -0.39 is 0 Å². The highest BCUT2D eigenvalue weighted by Crippen LogP contribution is 2.38. The van der Waals surface area contributed by atoms with Crippen molar-refractivity contribution in [3.05, 3.63) is 53.6 Å². The molecule has 3 rings (SSSR count). The van der Waals surface area contributed by atoms with Gasteiger partial charge in [-0.05, 0) is 64.2 Å². The van der Waals surface area contributed by atoms with Gasteiger partial charge in [0.1, 0.15) is 11.5 Å². The summed E-state index contributed by atoms with van der Waals surface area (Å²) in [6.45, 7) is 10.6. The molecular weight excluding hydrogens is 328 g/mol. The van der Waals surface area contributed by atoms with Gasteiger partial charge in [0.2, 0.25) is 0 Å². The van der Waals surface area contributed by atoms with Crippen LogP contribution in [0.25, 0.3) is 27.6 Å². The Labute approximate surface area is 152 Å². The van der Waals surface area contributed by atoms with Gasteiger partial charge in [-0.2, -0.15) is 0 Å². The third kappa shape index (κ3) is 2.94. The fourth-order valence-corrected chi connectivity index (χ4v) is 3.33. The molecule has 0 spiro atoms. The van der Waals surface area contributed by atoms with Crippen molar-refractivity contribution in [2.75, 3.05) is 0 Å². The zero-order valence-corrected chi connectivity index (χ0v) is 15.3. The molecule has 0 atom stereocenters. The highest BCUT2D eigenvalue weighted by atomic mass is 16.5. The second kappa shape index (κ2) is 6.64. The van der Waals surface area contributed by atoms with Crippen LogP contribution in [0.4, 0.5) is 0 Å². The molecule has 0 radical (unpaired) electrons. The Morgan fingerprint density at radius 3 is 2.12 bits per heavy atom. The molecule has 0 aliphatic carbocycles. The predicted octanol–water partition coefficient (Wildman–Crippen LogP) is 5.10. The van der Waals surface area contributed by atoms with Crippen molar-refractivity contribution in [1.82, 2.24) is 0 Å². The number of carbonyl (C=O) groups excluding carboxylic acids is 2. The maximum absolute atomic E-state index is 11.4. The van der Waals surface area contributed by atoms with Crippen LogP contribution in [0.1, 0.15) is 30.5 Å². The molecule has 0 saturated carbocycles. The molecule has 4 nitrogen and oxygen atoms in total. The molecule has 4 heteroatoms. The molecule has 0 aliphatic heterocycles. The number of rotatable bonds is 3. The van der Waals surface area contributed by atoms with Gasteiger partial charge in [-0.25, -0.2) is 0 Å². The van der Waals surface area contributed by atoms with Gasteiger partial charge in [0.15, 0.2) is 0 Å². The van der Waals surface area contributed by atoms with E-state index in [0.717, 1.165) is 38.2 Å². The van der Waals surface area contributed by atoms with Crippen molar-refractivity contribution < 1.29 is 19.1 Å². The van der Waals surface area contributed by atoms with E-state index in [1.165, 1.54) is 13.8 Å². The van der Waals surface area contributed by atoms with Crippen LogP contribution in [0.2, 0.25) is 0 Å². The number of benzene rings is 3. The molecule has 26 heavy (non-hydrogen) atoms. The molecule has 0 heterocycles. The van der Waals surface area contributed by atoms with Crippen molar-refractivity contribution >= 4 is 39.6 Å². The third-order valence-electron chi connectivity index (χ3n) is 4.49. The highest BCUT2D eigenvalue weighted by molar-refractivity contribution is 6.13. The molecule has 3 aromatic carbocycles. The van der Waals surface area contributed by atoms with Crippen LogP contribution in [0.3, 0.4) is 0 Å². The topological polar surface area (TPSA) is 52.6 Å². The van der Waals surface area contributed by atoms with Crippen LogP contribution in [-0.2, 0) is 9.59 Å². The molecule has 132 valence electrons. The van der Waals surface area contributed by atoms with Crippen LogP contribution >= 0.6 is 0 Å². The van der Waals surface area contributed by atoms with Gasteiger partial charge in [-0.1, -0.05) is 30.9 Å². The van der Waals surface area contributed by atoms with Crippen molar-refractivity contribution in [1.29, 1.82) is 0 Å². The summed E-state index contributed by atoms with van der Waals surface area (Å²) in [6.07, 6.45) is 1.78. The molecule has 0 amide bonds. The minimum Gasteiger partial charge on any atom is -0.426 e. The number of esters is 2. The maximum atomic E-state index is 11.4. The fourth-order valence-electron chi connectivity index (χ4n) is 3.33. The Morgan fingerprint density at radius 2 is 1.50 bits per heavy atom. The van der Waals surface area contributed by atoms with E-state index >= 15 is 0 Å². The molecule has 0 saturated heterocycles. The van der Waals surface area contributed by atoms with Crippen LogP contribution < -0.4 is 9.47 Å². The van der Waals surface area contributed by atoms with Crippen molar-refractivity contribution in [2.45, 2.75) is 27.7 Å². The Hall–Kier alpha value is -3.14. The number of aryl methyl sites for hydroxylation is 1. The number of hydrogen-bond donors (Lipinski definition) is 0. The van der Waals surface area contributed by atoms with E-state index in [0.29, 0.717) is 11.5 Å². The van der Waals surface area contributed by atoms with Crippen molar-refractivity contribution in [3.63, 3.8) is 0 Å². The molecular formula is C22H20O4. The van der Waals surface area contributed by atoms with Gasteiger partial charge in [0.25, 0.3) is 0 Å². The SMILES string of the molecule is C=Cc1c(C)c(OC(C)=O)cc2ccc3c(C)c(OC(C)=O)ccc3c12. The first kappa shape index (κ1) is 17.7. The van der Waals surface area contributed by atoms with Gasteiger partial charge in [0.05, 0.1) is 0 Å². The summed E-state index contributed by atoms with van der Waals surface area (Å²) in [5, 5.41) is 4.01. The normalized spacial score (nSPS) is 10.8. The second-order valence-corrected chi connectivity index (χ2v) is 6.25. The smallest absolute Gasteiger partial charge is 0.308 e. The Kier molecular flexibility index (Phi) is 4.51. The average Bonchev–Trinajstić information content (AvgIpc) is 2.57. The maximum Gasteiger partial charge on any atom is 0.308 e. The molecule has 0 bridgehead atoms. The first-order chi connectivity index (χ1) is 12.3. The zero-order valence-electron chi connectivity index (χ0n) is 15.3. The molecule has 0 N–H and O–H groups in total. The molecule has 0 aliphatic rings. The summed E-state index contributed by atoms with van der Waals surface area (Å²) in [5.41, 5.74) is 2.68. The van der Waals surface area contributed by atoms with Crippen LogP contribution in [0, 0.1) is 13.8 Å². The van der Waals surface area contributed by atoms with Crippen molar-refractivity contribution in [2.24, 2.45) is 0 Å². The Bertz CT molecular complexity index is 1080. The van der Waals surface area contributed by atoms with Crippen LogP contribution in [0.15, 0.2) is 36.9 Å². The van der Waals surface area contributed by atoms with Crippen molar-refractivity contribution in [3.8, 4) is 11.5 Å². The van der Waals surface area contributed by atoms with Crippen LogP contribution in [0.5, 0.6) is 11.5 Å². The zero-order chi connectivity index (χ0) is 19.0. The quantitative estimate of drug-likeness (QED) is 0.375. The summed E-state index contributed by atoms with van der Waals surface area (Å²) < 4.78 is 10.6. The molecule has 3 aromatic rings. The van der Waals surface area contributed by atoms with E-state index in [4.69, 9.17) is 9.47 Å². The summed E-state index contributed by atoms with van der Waals surface area (Å²) in [7, 11) is 0. The number of hydrogen-bond acceptors (Lipinski definition) is 4.